The number of benzene rings is 5. The quantitative estimate of drug-likeness (QED) is 0.135. The van der Waals surface area contributed by atoms with E-state index in [-0.39, 0.29) is 20.1 Å². The first-order valence-corrected chi connectivity index (χ1v) is 29.1. The van der Waals surface area contributed by atoms with Crippen LogP contribution in [0.2, 0.25) is 19.6 Å². The van der Waals surface area contributed by atoms with Crippen LogP contribution in [-0.2, 0) is 39.4 Å². The zero-order valence-corrected chi connectivity index (χ0v) is 47.0. The molecular weight excluding hydrogens is 1060 g/mol. The molecule has 0 atom stereocenters. The van der Waals surface area contributed by atoms with Gasteiger partial charge in [-0.2, -0.15) is 0 Å². The fraction of sp³-hybridized carbons (Fsp3) is 0.308. The number of aromatic nitrogens is 3. The molecule has 1 aliphatic rings. The molecule has 0 aliphatic heterocycles. The zero-order chi connectivity index (χ0) is 49.3. The van der Waals surface area contributed by atoms with Crippen molar-refractivity contribution in [3.8, 4) is 44.9 Å². The van der Waals surface area contributed by atoms with Gasteiger partial charge in [0.2, 0.25) is 0 Å². The number of furan rings is 1. The van der Waals surface area contributed by atoms with Gasteiger partial charge < -0.3 is 4.42 Å². The van der Waals surface area contributed by atoms with Crippen LogP contribution in [0.15, 0.2) is 181 Å². The molecule has 0 amide bonds. The molecule has 367 valence electrons. The van der Waals surface area contributed by atoms with Crippen molar-refractivity contribution >= 4 is 35.2 Å². The summed E-state index contributed by atoms with van der Waals surface area (Å²) in [6.45, 7) is 20.9. The second-order valence-electron chi connectivity index (χ2n) is 22.8. The van der Waals surface area contributed by atoms with E-state index in [1.165, 1.54) is 88.0 Å². The SMILES string of the molecule is CC(C)(C)Cc1cc(-c2ccccc2)ncc1[Si](C)(C)C.CC(C)(C)Cc1ccnc(-c2ccccc2)c1.[Ir].c1ccc(-c2cccc3oc4ccc(-c5cc(CC6CCCCC6)ccn5)cc4c23)cc1. The smallest absolute Gasteiger partial charge is 0.136 e. The van der Waals surface area contributed by atoms with E-state index in [9.17, 15) is 0 Å². The van der Waals surface area contributed by atoms with Crippen LogP contribution in [0.3, 0.4) is 0 Å². The molecule has 1 fully saturated rings. The van der Waals surface area contributed by atoms with E-state index in [0.29, 0.717) is 10.8 Å². The number of rotatable bonds is 9. The topological polar surface area (TPSA) is 51.8 Å². The monoisotopic (exact) mass is 1130 g/mol. The van der Waals surface area contributed by atoms with Gasteiger partial charge in [-0.1, -0.05) is 196 Å². The van der Waals surface area contributed by atoms with E-state index in [1.807, 2.05) is 30.6 Å². The molecule has 9 aromatic rings. The van der Waals surface area contributed by atoms with Crippen LogP contribution in [0.4, 0.5) is 0 Å². The first kappa shape index (κ1) is 53.0. The molecule has 1 radical (unpaired) electrons. The van der Waals surface area contributed by atoms with Crippen LogP contribution in [0.1, 0.15) is 90.3 Å². The number of fused-ring (bicyclic) bond motifs is 3. The minimum atomic E-state index is -1.36. The maximum atomic E-state index is 6.21. The van der Waals surface area contributed by atoms with Gasteiger partial charge in [0, 0.05) is 66.2 Å². The maximum absolute atomic E-state index is 6.21. The summed E-state index contributed by atoms with van der Waals surface area (Å²) in [5, 5.41) is 3.82. The Morgan fingerprint density at radius 1 is 0.507 bits per heavy atom. The van der Waals surface area contributed by atoms with Crippen molar-refractivity contribution in [1.29, 1.82) is 0 Å². The summed E-state index contributed by atoms with van der Waals surface area (Å²) < 4.78 is 6.21. The molecule has 4 heterocycles. The molecule has 0 unspecified atom stereocenters. The Morgan fingerprint density at radius 3 is 1.65 bits per heavy atom. The Balaban J connectivity index is 0.000000166. The Morgan fingerprint density at radius 2 is 1.06 bits per heavy atom. The van der Waals surface area contributed by atoms with Crippen LogP contribution in [-0.4, -0.2) is 23.0 Å². The normalized spacial score (nSPS) is 13.1. The Hall–Kier alpha value is -5.78. The molecule has 4 aromatic heterocycles. The summed E-state index contributed by atoms with van der Waals surface area (Å²) in [7, 11) is -1.36. The second kappa shape index (κ2) is 23.6. The van der Waals surface area contributed by atoms with Crippen LogP contribution >= 0.6 is 0 Å². The van der Waals surface area contributed by atoms with Crippen molar-refractivity contribution in [2.24, 2.45) is 16.7 Å². The van der Waals surface area contributed by atoms with Gasteiger partial charge in [-0.05, 0) is 124 Å². The largest absolute Gasteiger partial charge is 0.456 e. The van der Waals surface area contributed by atoms with Crippen molar-refractivity contribution in [3.05, 3.63) is 193 Å². The molecule has 0 N–H and O–H groups in total. The van der Waals surface area contributed by atoms with Crippen molar-refractivity contribution in [3.63, 3.8) is 0 Å². The Bertz CT molecular complexity index is 3100. The maximum Gasteiger partial charge on any atom is 0.136 e. The molecular formula is C65H73IrN3OSi. The van der Waals surface area contributed by atoms with Crippen LogP contribution in [0.5, 0.6) is 0 Å². The molecule has 5 aromatic carbocycles. The van der Waals surface area contributed by atoms with Crippen molar-refractivity contribution in [1.82, 2.24) is 15.0 Å². The minimum absolute atomic E-state index is 0. The Labute approximate surface area is 439 Å². The number of nitrogens with zero attached hydrogens (tertiary/aromatic N) is 3. The van der Waals surface area contributed by atoms with E-state index in [1.54, 1.807) is 0 Å². The summed E-state index contributed by atoms with van der Waals surface area (Å²) in [4.78, 5) is 13.9. The third kappa shape index (κ3) is 14.7. The predicted molar refractivity (Wildman–Crippen MR) is 301 cm³/mol. The molecule has 0 spiro atoms. The van der Waals surface area contributed by atoms with Gasteiger partial charge in [0.05, 0.1) is 25.2 Å². The van der Waals surface area contributed by atoms with Crippen molar-refractivity contribution < 1.29 is 24.5 Å². The van der Waals surface area contributed by atoms with Crippen LogP contribution in [0.25, 0.3) is 66.8 Å². The van der Waals surface area contributed by atoms with Crippen LogP contribution < -0.4 is 5.19 Å². The summed E-state index contributed by atoms with van der Waals surface area (Å²) in [6.07, 6.45) is 16.3. The number of hydrogen-bond acceptors (Lipinski definition) is 4. The third-order valence-electron chi connectivity index (χ3n) is 13.2. The summed E-state index contributed by atoms with van der Waals surface area (Å²) in [5.74, 6) is 0.827. The Kier molecular flexibility index (Phi) is 17.6. The average molecular weight is 1130 g/mol. The summed E-state index contributed by atoms with van der Waals surface area (Å²) >= 11 is 0. The van der Waals surface area contributed by atoms with Gasteiger partial charge in [-0.3, -0.25) is 15.0 Å². The van der Waals surface area contributed by atoms with Crippen LogP contribution in [0, 0.1) is 16.7 Å². The van der Waals surface area contributed by atoms with E-state index in [4.69, 9.17) is 14.4 Å². The molecule has 0 bridgehead atoms. The first-order chi connectivity index (χ1) is 33.6. The second-order valence-corrected chi connectivity index (χ2v) is 27.9. The molecule has 10 rings (SSSR count). The summed E-state index contributed by atoms with van der Waals surface area (Å²) in [5.41, 5.74) is 15.9. The predicted octanol–water partition coefficient (Wildman–Crippen LogP) is 17.7. The van der Waals surface area contributed by atoms with Gasteiger partial charge in [0.1, 0.15) is 11.2 Å². The molecule has 4 nitrogen and oxygen atoms in total. The van der Waals surface area contributed by atoms with Gasteiger partial charge in [-0.15, -0.1) is 0 Å². The molecule has 0 saturated heterocycles. The average Bonchev–Trinajstić information content (AvgIpc) is 3.73. The molecule has 6 heteroatoms. The fourth-order valence-corrected chi connectivity index (χ4v) is 11.5. The van der Waals surface area contributed by atoms with E-state index >= 15 is 0 Å². The van der Waals surface area contributed by atoms with Crippen molar-refractivity contribution in [2.75, 3.05) is 0 Å². The van der Waals surface area contributed by atoms with E-state index in [2.05, 4.69) is 212 Å². The standard InChI is InChI=1S/C30H27NO.C19H27NSi.C16H19N.Ir/c1-3-8-21(9-4-1)18-22-16-17-31-27(19-22)24-14-15-28-26(20-24)30-25(12-7-13-29(30)32-28)23-10-5-2-6-11-23;1-19(2,3)13-16-12-17(15-10-8-7-9-11-15)20-14-18(16)21(4,5)6;1-16(2,3)12-13-9-10-17-15(11-13)14-7-5-4-6-8-14;/h2,5-7,10-17,19-21H,1,3-4,8-9,18H2;7-12,14H,13H2,1-6H3;4-11H,12H2,1-3H3;. The fourth-order valence-electron chi connectivity index (χ4n) is 9.95. The van der Waals surface area contributed by atoms with Gasteiger partial charge in [-0.25, -0.2) is 0 Å². The van der Waals surface area contributed by atoms with E-state index in [0.717, 1.165) is 58.0 Å². The first-order valence-electron chi connectivity index (χ1n) is 25.6. The molecule has 1 aliphatic carbocycles. The number of hydrogen-bond donors (Lipinski definition) is 0. The zero-order valence-electron chi connectivity index (χ0n) is 43.6. The van der Waals surface area contributed by atoms with Gasteiger partial charge in [0.15, 0.2) is 0 Å². The third-order valence-corrected chi connectivity index (χ3v) is 15.2. The molecule has 1 saturated carbocycles. The number of pyridine rings is 3. The van der Waals surface area contributed by atoms with Gasteiger partial charge in [0.25, 0.3) is 0 Å². The van der Waals surface area contributed by atoms with Crippen molar-refractivity contribution in [2.45, 2.75) is 113 Å². The minimum Gasteiger partial charge on any atom is -0.456 e. The molecule has 71 heavy (non-hydrogen) atoms. The van der Waals surface area contributed by atoms with E-state index < -0.39 is 8.07 Å². The van der Waals surface area contributed by atoms with Gasteiger partial charge >= 0.3 is 0 Å². The summed E-state index contributed by atoms with van der Waals surface area (Å²) in [6, 6.07) is 55.3.